The number of hydrogen-bond donors (Lipinski definition) is 1. The molecule has 0 spiro atoms. The number of likely N-dealkylation sites (N-methyl/N-ethyl adjacent to an activating group) is 1. The summed E-state index contributed by atoms with van der Waals surface area (Å²) in [5.74, 6) is 0.566. The average molecular weight is 230 g/mol. The molecule has 96 valence electrons. The van der Waals surface area contributed by atoms with Gasteiger partial charge in [0.15, 0.2) is 0 Å². The van der Waals surface area contributed by atoms with Crippen LogP contribution >= 0.6 is 0 Å². The summed E-state index contributed by atoms with van der Waals surface area (Å²) >= 11 is 0. The Balaban J connectivity index is 3.91. The van der Waals surface area contributed by atoms with E-state index in [1.807, 2.05) is 7.05 Å². The second-order valence-corrected chi connectivity index (χ2v) is 4.47. The van der Waals surface area contributed by atoms with E-state index in [9.17, 15) is 4.79 Å². The Morgan fingerprint density at radius 1 is 1.50 bits per heavy atom. The van der Waals surface area contributed by atoms with Gasteiger partial charge in [-0.25, -0.2) is 0 Å². The van der Waals surface area contributed by atoms with Gasteiger partial charge < -0.3 is 15.4 Å². The molecular formula is C12H26N2O2. The molecule has 0 aromatic carbocycles. The summed E-state index contributed by atoms with van der Waals surface area (Å²) in [6, 6.07) is -0.385. The number of carbonyl (C=O) groups excluding carboxylic acids is 1. The highest BCUT2D eigenvalue weighted by atomic mass is 16.5. The molecular weight excluding hydrogens is 204 g/mol. The van der Waals surface area contributed by atoms with E-state index in [-0.39, 0.29) is 11.9 Å². The Hall–Kier alpha value is -0.610. The van der Waals surface area contributed by atoms with Crippen molar-refractivity contribution in [1.82, 2.24) is 4.90 Å². The highest BCUT2D eigenvalue weighted by molar-refractivity contribution is 5.81. The van der Waals surface area contributed by atoms with Crippen molar-refractivity contribution < 1.29 is 9.53 Å². The minimum atomic E-state index is -0.385. The quantitative estimate of drug-likeness (QED) is 0.638. The van der Waals surface area contributed by atoms with Gasteiger partial charge in [-0.3, -0.25) is 4.79 Å². The van der Waals surface area contributed by atoms with Crippen LogP contribution in [0.5, 0.6) is 0 Å². The normalized spacial score (nSPS) is 14.6. The van der Waals surface area contributed by atoms with Crippen molar-refractivity contribution in [3.8, 4) is 0 Å². The Bertz CT molecular complexity index is 197. The van der Waals surface area contributed by atoms with Crippen molar-refractivity contribution in [3.05, 3.63) is 0 Å². The summed E-state index contributed by atoms with van der Waals surface area (Å²) in [7, 11) is 3.48. The summed E-state index contributed by atoms with van der Waals surface area (Å²) in [6.45, 7) is 5.71. The van der Waals surface area contributed by atoms with Crippen LogP contribution in [-0.2, 0) is 9.53 Å². The summed E-state index contributed by atoms with van der Waals surface area (Å²) in [4.78, 5) is 13.6. The molecule has 0 aliphatic carbocycles. The number of amides is 1. The van der Waals surface area contributed by atoms with E-state index < -0.39 is 0 Å². The standard InChI is InChI=1S/C12H26N2O2/c1-5-10(2)9-14(3)12(15)11(13)7-6-8-16-4/h10-11H,5-9,13H2,1-4H3. The van der Waals surface area contributed by atoms with Gasteiger partial charge in [0.25, 0.3) is 0 Å². The zero-order chi connectivity index (χ0) is 12.6. The van der Waals surface area contributed by atoms with Crippen molar-refractivity contribution in [2.24, 2.45) is 11.7 Å². The number of ether oxygens (including phenoxy) is 1. The van der Waals surface area contributed by atoms with Gasteiger partial charge in [0.1, 0.15) is 0 Å². The van der Waals surface area contributed by atoms with Gasteiger partial charge in [0.2, 0.25) is 5.91 Å². The summed E-state index contributed by atoms with van der Waals surface area (Å²) in [5.41, 5.74) is 5.83. The van der Waals surface area contributed by atoms with Gasteiger partial charge in [-0.1, -0.05) is 20.3 Å². The molecule has 0 saturated carbocycles. The molecule has 2 atom stereocenters. The monoisotopic (exact) mass is 230 g/mol. The molecule has 16 heavy (non-hydrogen) atoms. The highest BCUT2D eigenvalue weighted by Crippen LogP contribution is 2.05. The average Bonchev–Trinajstić information content (AvgIpc) is 2.27. The smallest absolute Gasteiger partial charge is 0.239 e. The van der Waals surface area contributed by atoms with Crippen molar-refractivity contribution in [2.45, 2.75) is 39.2 Å². The second-order valence-electron chi connectivity index (χ2n) is 4.47. The zero-order valence-electron chi connectivity index (χ0n) is 11.0. The minimum Gasteiger partial charge on any atom is -0.385 e. The molecule has 0 aliphatic heterocycles. The summed E-state index contributed by atoms with van der Waals surface area (Å²) in [6.07, 6.45) is 2.61. The van der Waals surface area contributed by atoms with Crippen molar-refractivity contribution >= 4 is 5.91 Å². The van der Waals surface area contributed by atoms with E-state index in [2.05, 4.69) is 13.8 Å². The third-order valence-corrected chi connectivity index (χ3v) is 2.84. The number of hydrogen-bond acceptors (Lipinski definition) is 3. The van der Waals surface area contributed by atoms with Gasteiger partial charge in [0.05, 0.1) is 6.04 Å². The third kappa shape index (κ3) is 6.08. The van der Waals surface area contributed by atoms with E-state index in [1.165, 1.54) is 0 Å². The predicted octanol–water partition coefficient (Wildman–Crippen LogP) is 1.24. The number of rotatable bonds is 8. The maximum absolute atomic E-state index is 11.8. The first-order chi connectivity index (χ1) is 7.52. The molecule has 0 aliphatic rings. The van der Waals surface area contributed by atoms with Crippen LogP contribution in [0.3, 0.4) is 0 Å². The molecule has 0 rings (SSSR count). The lowest BCUT2D eigenvalue weighted by Crippen LogP contribution is -2.43. The largest absolute Gasteiger partial charge is 0.385 e. The second kappa shape index (κ2) is 8.53. The maximum atomic E-state index is 11.8. The van der Waals surface area contributed by atoms with Crippen LogP contribution in [0.4, 0.5) is 0 Å². The fraction of sp³-hybridized carbons (Fsp3) is 0.917. The van der Waals surface area contributed by atoms with Gasteiger partial charge >= 0.3 is 0 Å². The van der Waals surface area contributed by atoms with Crippen molar-refractivity contribution in [1.29, 1.82) is 0 Å². The minimum absolute atomic E-state index is 0.0383. The summed E-state index contributed by atoms with van der Waals surface area (Å²) < 4.78 is 4.93. The van der Waals surface area contributed by atoms with E-state index in [4.69, 9.17) is 10.5 Å². The molecule has 4 nitrogen and oxygen atoms in total. The van der Waals surface area contributed by atoms with E-state index in [1.54, 1.807) is 12.0 Å². The first kappa shape index (κ1) is 15.4. The first-order valence-corrected chi connectivity index (χ1v) is 6.02. The van der Waals surface area contributed by atoms with Gasteiger partial charge in [-0.05, 0) is 18.8 Å². The Labute approximate surface area is 99.1 Å². The number of nitrogens with zero attached hydrogens (tertiary/aromatic N) is 1. The Kier molecular flexibility index (Phi) is 8.21. The van der Waals surface area contributed by atoms with Crippen LogP contribution in [0.1, 0.15) is 33.1 Å². The van der Waals surface area contributed by atoms with Crippen LogP contribution in [0.25, 0.3) is 0 Å². The van der Waals surface area contributed by atoms with E-state index in [0.29, 0.717) is 18.9 Å². The van der Waals surface area contributed by atoms with Gasteiger partial charge in [-0.15, -0.1) is 0 Å². The third-order valence-electron chi connectivity index (χ3n) is 2.84. The topological polar surface area (TPSA) is 55.6 Å². The molecule has 0 aromatic rings. The molecule has 4 heteroatoms. The van der Waals surface area contributed by atoms with Gasteiger partial charge in [0, 0.05) is 27.3 Å². The molecule has 2 N–H and O–H groups in total. The highest BCUT2D eigenvalue weighted by Gasteiger charge is 2.18. The first-order valence-electron chi connectivity index (χ1n) is 6.02. The SMILES string of the molecule is CCC(C)CN(C)C(=O)C(N)CCCOC. The summed E-state index contributed by atoms with van der Waals surface area (Å²) in [5, 5.41) is 0. The predicted molar refractivity (Wildman–Crippen MR) is 66.2 cm³/mol. The van der Waals surface area contributed by atoms with E-state index in [0.717, 1.165) is 19.4 Å². The fourth-order valence-corrected chi connectivity index (χ4v) is 1.54. The molecule has 0 aromatic heterocycles. The van der Waals surface area contributed by atoms with Crippen LogP contribution in [0, 0.1) is 5.92 Å². The van der Waals surface area contributed by atoms with Crippen LogP contribution in [0.2, 0.25) is 0 Å². The number of nitrogens with two attached hydrogens (primary N) is 1. The van der Waals surface area contributed by atoms with Crippen molar-refractivity contribution in [2.75, 3.05) is 27.3 Å². The van der Waals surface area contributed by atoms with Gasteiger partial charge in [-0.2, -0.15) is 0 Å². The molecule has 0 fully saturated rings. The maximum Gasteiger partial charge on any atom is 0.239 e. The fourth-order valence-electron chi connectivity index (χ4n) is 1.54. The molecule has 1 amide bonds. The molecule has 0 bridgehead atoms. The lowest BCUT2D eigenvalue weighted by atomic mass is 10.1. The molecule has 0 radical (unpaired) electrons. The Morgan fingerprint density at radius 2 is 2.12 bits per heavy atom. The number of methoxy groups -OCH3 is 1. The molecule has 0 saturated heterocycles. The van der Waals surface area contributed by atoms with Crippen LogP contribution < -0.4 is 5.73 Å². The van der Waals surface area contributed by atoms with Crippen LogP contribution in [-0.4, -0.2) is 44.2 Å². The van der Waals surface area contributed by atoms with E-state index >= 15 is 0 Å². The lowest BCUT2D eigenvalue weighted by Gasteiger charge is -2.24. The Morgan fingerprint density at radius 3 is 2.62 bits per heavy atom. The molecule has 0 heterocycles. The number of carbonyl (C=O) groups is 1. The molecule has 2 unspecified atom stereocenters. The van der Waals surface area contributed by atoms with Crippen LogP contribution in [0.15, 0.2) is 0 Å². The lowest BCUT2D eigenvalue weighted by molar-refractivity contribution is -0.132. The zero-order valence-corrected chi connectivity index (χ0v) is 11.0. The van der Waals surface area contributed by atoms with Crippen molar-refractivity contribution in [3.63, 3.8) is 0 Å².